The predicted octanol–water partition coefficient (Wildman–Crippen LogP) is 0.707. The van der Waals surface area contributed by atoms with Gasteiger partial charge in [-0.25, -0.2) is 8.42 Å². The Morgan fingerprint density at radius 2 is 1.69 bits per heavy atom. The Morgan fingerprint density at radius 1 is 1.00 bits per heavy atom. The Balaban J connectivity index is 2.26. The average Bonchev–Trinajstić information content (AvgIpc) is 2.12. The van der Waals surface area contributed by atoms with Gasteiger partial charge in [0.2, 0.25) is 0 Å². The van der Waals surface area contributed by atoms with E-state index in [-0.39, 0.29) is 4.75 Å². The Hall–Kier alpha value is -0.0900. The summed E-state index contributed by atoms with van der Waals surface area (Å²) in [4.78, 5) is 0. The van der Waals surface area contributed by atoms with Gasteiger partial charge >= 0.3 is 0 Å². The van der Waals surface area contributed by atoms with Crippen LogP contribution in [0.5, 0.6) is 0 Å². The van der Waals surface area contributed by atoms with Crippen LogP contribution in [-0.2, 0) is 9.84 Å². The number of piperidine rings is 1. The van der Waals surface area contributed by atoms with Crippen molar-refractivity contribution in [3.8, 4) is 0 Å². The first-order valence-corrected chi connectivity index (χ1v) is 6.75. The van der Waals surface area contributed by atoms with Gasteiger partial charge in [0.05, 0.1) is 10.5 Å². The fraction of sp³-hybridized carbons (Fsp3) is 1.00. The highest BCUT2D eigenvalue weighted by Gasteiger charge is 2.45. The van der Waals surface area contributed by atoms with Gasteiger partial charge in [0.25, 0.3) is 0 Å². The average molecular weight is 203 g/mol. The van der Waals surface area contributed by atoms with Crippen LogP contribution in [0.3, 0.4) is 0 Å². The summed E-state index contributed by atoms with van der Waals surface area (Å²) < 4.78 is 23.5. The van der Waals surface area contributed by atoms with Crippen molar-refractivity contribution in [1.29, 1.82) is 0 Å². The molecule has 76 valence electrons. The van der Waals surface area contributed by atoms with Crippen LogP contribution >= 0.6 is 0 Å². The summed E-state index contributed by atoms with van der Waals surface area (Å²) in [7, 11) is -2.79. The molecule has 2 fully saturated rings. The number of hydrogen-bond acceptors (Lipinski definition) is 3. The van der Waals surface area contributed by atoms with Gasteiger partial charge in [-0.15, -0.1) is 0 Å². The van der Waals surface area contributed by atoms with Crippen LogP contribution in [0.15, 0.2) is 0 Å². The normalized spacial score (nSPS) is 31.7. The molecule has 2 heterocycles. The van der Waals surface area contributed by atoms with Gasteiger partial charge in [-0.1, -0.05) is 6.42 Å². The molecule has 0 aliphatic carbocycles. The second-order valence-electron chi connectivity index (χ2n) is 4.21. The van der Waals surface area contributed by atoms with E-state index < -0.39 is 9.84 Å². The SMILES string of the molecule is O=S1(=O)CCCCC12CCNCC2. The molecule has 2 rings (SSSR count). The van der Waals surface area contributed by atoms with Crippen molar-refractivity contribution in [3.05, 3.63) is 0 Å². The molecule has 0 amide bonds. The zero-order valence-electron chi connectivity index (χ0n) is 7.88. The van der Waals surface area contributed by atoms with Crippen LogP contribution in [-0.4, -0.2) is 32.0 Å². The summed E-state index contributed by atoms with van der Waals surface area (Å²) >= 11 is 0. The molecule has 1 spiro atoms. The summed E-state index contributed by atoms with van der Waals surface area (Å²) in [5.41, 5.74) is 0. The van der Waals surface area contributed by atoms with Gasteiger partial charge < -0.3 is 5.32 Å². The summed E-state index contributed by atoms with van der Waals surface area (Å²) in [6, 6.07) is 0. The van der Waals surface area contributed by atoms with Crippen molar-refractivity contribution in [2.24, 2.45) is 0 Å². The van der Waals surface area contributed by atoms with Gasteiger partial charge in [0.15, 0.2) is 9.84 Å². The number of hydrogen-bond donors (Lipinski definition) is 1. The molecular weight excluding hydrogens is 186 g/mol. The Labute approximate surface area is 79.8 Å². The second-order valence-corrected chi connectivity index (χ2v) is 6.71. The van der Waals surface area contributed by atoms with E-state index in [0.717, 1.165) is 45.2 Å². The Morgan fingerprint density at radius 3 is 2.31 bits per heavy atom. The second kappa shape index (κ2) is 3.24. The van der Waals surface area contributed by atoms with Crippen molar-refractivity contribution in [2.75, 3.05) is 18.8 Å². The fourth-order valence-electron chi connectivity index (χ4n) is 2.55. The lowest BCUT2D eigenvalue weighted by molar-refractivity contribution is 0.348. The van der Waals surface area contributed by atoms with Crippen molar-refractivity contribution in [2.45, 2.75) is 36.9 Å². The molecule has 0 bridgehead atoms. The molecule has 1 N–H and O–H groups in total. The first-order chi connectivity index (χ1) is 6.16. The van der Waals surface area contributed by atoms with E-state index in [4.69, 9.17) is 0 Å². The zero-order chi connectivity index (χ0) is 9.36. The van der Waals surface area contributed by atoms with Crippen LogP contribution < -0.4 is 5.32 Å². The topological polar surface area (TPSA) is 46.2 Å². The van der Waals surface area contributed by atoms with Crippen molar-refractivity contribution < 1.29 is 8.42 Å². The van der Waals surface area contributed by atoms with E-state index >= 15 is 0 Å². The van der Waals surface area contributed by atoms with Crippen LogP contribution in [0.1, 0.15) is 32.1 Å². The van der Waals surface area contributed by atoms with E-state index in [2.05, 4.69) is 5.32 Å². The Kier molecular flexibility index (Phi) is 2.36. The molecule has 2 aliphatic heterocycles. The predicted molar refractivity (Wildman–Crippen MR) is 52.5 cm³/mol. The van der Waals surface area contributed by atoms with Gasteiger partial charge in [0.1, 0.15) is 0 Å². The molecule has 0 aromatic carbocycles. The highest BCUT2D eigenvalue weighted by atomic mass is 32.2. The van der Waals surface area contributed by atoms with E-state index in [1.165, 1.54) is 0 Å². The highest BCUT2D eigenvalue weighted by Crippen LogP contribution is 2.37. The minimum atomic E-state index is -2.79. The van der Waals surface area contributed by atoms with E-state index in [9.17, 15) is 8.42 Å². The summed E-state index contributed by atoms with van der Waals surface area (Å²) in [5.74, 6) is 0.424. The van der Waals surface area contributed by atoms with Crippen LogP contribution in [0.25, 0.3) is 0 Å². The standard InChI is InChI=1S/C9H17NO2S/c11-13(12)8-2-1-3-9(13)4-6-10-7-5-9/h10H,1-8H2. The fourth-order valence-corrected chi connectivity index (χ4v) is 4.85. The smallest absolute Gasteiger partial charge is 0.156 e. The lowest BCUT2D eigenvalue weighted by atomic mass is 9.91. The maximum Gasteiger partial charge on any atom is 0.156 e. The van der Waals surface area contributed by atoms with Gasteiger partial charge in [-0.05, 0) is 38.8 Å². The molecule has 0 radical (unpaired) electrons. The third-order valence-electron chi connectivity index (χ3n) is 3.47. The molecule has 0 aromatic heterocycles. The van der Waals surface area contributed by atoms with Crippen molar-refractivity contribution in [3.63, 3.8) is 0 Å². The molecule has 2 saturated heterocycles. The van der Waals surface area contributed by atoms with Crippen LogP contribution in [0.2, 0.25) is 0 Å². The molecule has 3 nitrogen and oxygen atoms in total. The van der Waals surface area contributed by atoms with E-state index in [1.54, 1.807) is 0 Å². The van der Waals surface area contributed by atoms with E-state index in [0.29, 0.717) is 5.75 Å². The molecule has 0 aromatic rings. The minimum Gasteiger partial charge on any atom is -0.317 e. The number of rotatable bonds is 0. The molecule has 4 heteroatoms. The van der Waals surface area contributed by atoms with Gasteiger partial charge in [-0.2, -0.15) is 0 Å². The van der Waals surface area contributed by atoms with Crippen molar-refractivity contribution >= 4 is 9.84 Å². The molecule has 2 aliphatic rings. The third-order valence-corrected chi connectivity index (χ3v) is 6.23. The van der Waals surface area contributed by atoms with E-state index in [1.807, 2.05) is 0 Å². The zero-order valence-corrected chi connectivity index (χ0v) is 8.70. The lowest BCUT2D eigenvalue weighted by Gasteiger charge is -2.39. The first-order valence-electron chi connectivity index (χ1n) is 5.09. The van der Waals surface area contributed by atoms with Crippen LogP contribution in [0, 0.1) is 0 Å². The van der Waals surface area contributed by atoms with Gasteiger partial charge in [0, 0.05) is 0 Å². The molecule has 0 saturated carbocycles. The summed E-state index contributed by atoms with van der Waals surface area (Å²) in [5, 5.41) is 3.23. The van der Waals surface area contributed by atoms with Crippen molar-refractivity contribution in [1.82, 2.24) is 5.32 Å². The Bertz CT molecular complexity index is 270. The molecule has 0 unspecified atom stereocenters. The maximum atomic E-state index is 11.9. The first kappa shape index (κ1) is 9.46. The number of sulfone groups is 1. The van der Waals surface area contributed by atoms with Gasteiger partial charge in [-0.3, -0.25) is 0 Å². The number of nitrogens with one attached hydrogen (secondary N) is 1. The summed E-state index contributed by atoms with van der Waals surface area (Å²) in [6.07, 6.45) is 4.53. The molecular formula is C9H17NO2S. The summed E-state index contributed by atoms with van der Waals surface area (Å²) in [6.45, 7) is 1.75. The highest BCUT2D eigenvalue weighted by molar-refractivity contribution is 7.92. The minimum absolute atomic E-state index is 0.337. The quantitative estimate of drug-likeness (QED) is 0.630. The van der Waals surface area contributed by atoms with Crippen LogP contribution in [0.4, 0.5) is 0 Å². The molecule has 13 heavy (non-hydrogen) atoms. The lowest BCUT2D eigenvalue weighted by Crippen LogP contribution is -2.50. The third kappa shape index (κ3) is 1.50. The monoisotopic (exact) mass is 203 g/mol. The maximum absolute atomic E-state index is 11.9. The molecule has 0 atom stereocenters. The largest absolute Gasteiger partial charge is 0.317 e.